The molecule has 1 aromatic rings. The van der Waals surface area contributed by atoms with Gasteiger partial charge in [-0.1, -0.05) is 0 Å². The molecule has 0 aliphatic carbocycles. The van der Waals surface area contributed by atoms with Crippen LogP contribution in [0.4, 0.5) is 0 Å². The van der Waals surface area contributed by atoms with E-state index >= 15 is 0 Å². The molecule has 0 atom stereocenters. The van der Waals surface area contributed by atoms with E-state index in [2.05, 4.69) is 9.62 Å². The Balaban J connectivity index is 1.76. The molecule has 1 N–H and O–H groups in total. The number of methoxy groups -OCH3 is 1. The first-order chi connectivity index (χ1) is 10.6. The van der Waals surface area contributed by atoms with Crippen LogP contribution in [0.15, 0.2) is 29.2 Å². The largest absolute Gasteiger partial charge is 0.497 e. The van der Waals surface area contributed by atoms with Gasteiger partial charge < -0.3 is 14.4 Å². The molecule has 0 spiro atoms. The fourth-order valence-corrected chi connectivity index (χ4v) is 3.44. The van der Waals surface area contributed by atoms with Gasteiger partial charge in [-0.2, -0.15) is 0 Å². The van der Waals surface area contributed by atoms with E-state index in [1.54, 1.807) is 31.4 Å². The highest BCUT2D eigenvalue weighted by molar-refractivity contribution is 7.89. The lowest BCUT2D eigenvalue weighted by molar-refractivity contribution is 0.141. The molecular weight excluding hydrogens is 304 g/mol. The fourth-order valence-electron chi connectivity index (χ4n) is 2.37. The van der Waals surface area contributed by atoms with Crippen molar-refractivity contribution < 1.29 is 17.9 Å². The van der Waals surface area contributed by atoms with Crippen LogP contribution in [0, 0.1) is 0 Å². The molecule has 0 saturated carbocycles. The molecule has 0 aromatic heterocycles. The molecule has 0 amide bonds. The third-order valence-electron chi connectivity index (χ3n) is 3.63. The number of hydrogen-bond donors (Lipinski definition) is 1. The highest BCUT2D eigenvalue weighted by Crippen LogP contribution is 2.15. The Morgan fingerprint density at radius 3 is 2.73 bits per heavy atom. The maximum atomic E-state index is 12.2. The molecule has 1 aliphatic rings. The van der Waals surface area contributed by atoms with E-state index in [1.165, 1.54) is 0 Å². The van der Waals surface area contributed by atoms with Gasteiger partial charge >= 0.3 is 0 Å². The van der Waals surface area contributed by atoms with E-state index in [-0.39, 0.29) is 4.90 Å². The molecule has 7 heteroatoms. The smallest absolute Gasteiger partial charge is 0.240 e. The number of sulfonamides is 1. The van der Waals surface area contributed by atoms with Crippen LogP contribution in [-0.4, -0.2) is 59.8 Å². The molecule has 0 bridgehead atoms. The molecule has 22 heavy (non-hydrogen) atoms. The summed E-state index contributed by atoms with van der Waals surface area (Å²) in [5, 5.41) is 0. The van der Waals surface area contributed by atoms with Crippen molar-refractivity contribution in [1.29, 1.82) is 0 Å². The Morgan fingerprint density at radius 2 is 2.00 bits per heavy atom. The van der Waals surface area contributed by atoms with Crippen LogP contribution in [0.5, 0.6) is 5.75 Å². The number of nitrogens with zero attached hydrogens (tertiary/aromatic N) is 1. The second-order valence-electron chi connectivity index (χ2n) is 5.23. The first kappa shape index (κ1) is 17.2. The van der Waals surface area contributed by atoms with Crippen molar-refractivity contribution in [3.8, 4) is 5.75 Å². The zero-order valence-electron chi connectivity index (χ0n) is 13.0. The van der Waals surface area contributed by atoms with E-state index in [0.717, 1.165) is 45.7 Å². The zero-order chi connectivity index (χ0) is 15.8. The van der Waals surface area contributed by atoms with Crippen LogP contribution in [-0.2, 0) is 14.8 Å². The first-order valence-corrected chi connectivity index (χ1v) is 9.04. The van der Waals surface area contributed by atoms with Crippen molar-refractivity contribution in [3.63, 3.8) is 0 Å². The first-order valence-electron chi connectivity index (χ1n) is 7.55. The summed E-state index contributed by atoms with van der Waals surface area (Å²) in [7, 11) is -1.89. The normalized spacial score (nSPS) is 17.1. The van der Waals surface area contributed by atoms with Gasteiger partial charge in [0.25, 0.3) is 0 Å². The molecule has 1 heterocycles. The highest BCUT2D eigenvalue weighted by Gasteiger charge is 2.14. The van der Waals surface area contributed by atoms with Crippen LogP contribution in [0.2, 0.25) is 0 Å². The van der Waals surface area contributed by atoms with Gasteiger partial charge in [0.05, 0.1) is 18.6 Å². The lowest BCUT2D eigenvalue weighted by atomic mass is 10.3. The van der Waals surface area contributed by atoms with E-state index in [1.807, 2.05) is 0 Å². The Labute approximate surface area is 132 Å². The zero-order valence-corrected chi connectivity index (χ0v) is 13.8. The van der Waals surface area contributed by atoms with Crippen molar-refractivity contribution >= 4 is 10.0 Å². The molecule has 1 fully saturated rings. The van der Waals surface area contributed by atoms with E-state index < -0.39 is 10.0 Å². The quantitative estimate of drug-likeness (QED) is 0.759. The summed E-state index contributed by atoms with van der Waals surface area (Å²) in [5.41, 5.74) is 0. The van der Waals surface area contributed by atoms with Gasteiger partial charge in [-0.05, 0) is 43.7 Å². The standard InChI is InChI=1S/C15H24N2O4S/c1-20-14-4-6-15(7-5-14)22(18,19)16-8-2-9-17-10-3-12-21-13-11-17/h4-7,16H,2-3,8-13H2,1H3. The lowest BCUT2D eigenvalue weighted by Gasteiger charge is -2.18. The summed E-state index contributed by atoms with van der Waals surface area (Å²) >= 11 is 0. The van der Waals surface area contributed by atoms with Crippen molar-refractivity contribution in [2.75, 3.05) is 46.5 Å². The summed E-state index contributed by atoms with van der Waals surface area (Å²) in [5.74, 6) is 0.641. The topological polar surface area (TPSA) is 67.9 Å². The Hall–Kier alpha value is -1.15. The molecule has 0 unspecified atom stereocenters. The molecule has 1 aromatic carbocycles. The monoisotopic (exact) mass is 328 g/mol. The third kappa shape index (κ3) is 5.24. The highest BCUT2D eigenvalue weighted by atomic mass is 32.2. The van der Waals surface area contributed by atoms with Crippen LogP contribution >= 0.6 is 0 Å². The van der Waals surface area contributed by atoms with E-state index in [9.17, 15) is 8.42 Å². The SMILES string of the molecule is COc1ccc(S(=O)(=O)NCCCN2CCCOCC2)cc1. The molecule has 6 nitrogen and oxygen atoms in total. The van der Waals surface area contributed by atoms with Crippen molar-refractivity contribution in [3.05, 3.63) is 24.3 Å². The van der Waals surface area contributed by atoms with Gasteiger partial charge in [-0.15, -0.1) is 0 Å². The molecular formula is C15H24N2O4S. The maximum Gasteiger partial charge on any atom is 0.240 e. The average Bonchev–Trinajstić information content (AvgIpc) is 2.80. The van der Waals surface area contributed by atoms with Crippen LogP contribution in [0.25, 0.3) is 0 Å². The molecule has 1 saturated heterocycles. The summed E-state index contributed by atoms with van der Waals surface area (Å²) < 4.78 is 37.4. The van der Waals surface area contributed by atoms with Gasteiger partial charge in [-0.25, -0.2) is 13.1 Å². The second kappa shape index (κ2) is 8.47. The summed E-state index contributed by atoms with van der Waals surface area (Å²) in [6, 6.07) is 6.39. The average molecular weight is 328 g/mol. The predicted molar refractivity (Wildman–Crippen MR) is 84.7 cm³/mol. The molecule has 124 valence electrons. The number of hydrogen-bond acceptors (Lipinski definition) is 5. The van der Waals surface area contributed by atoms with Gasteiger partial charge in [0, 0.05) is 26.2 Å². The van der Waals surface area contributed by atoms with Crippen LogP contribution < -0.4 is 9.46 Å². The number of ether oxygens (including phenoxy) is 2. The van der Waals surface area contributed by atoms with Gasteiger partial charge in [0.15, 0.2) is 0 Å². The minimum Gasteiger partial charge on any atom is -0.497 e. The summed E-state index contributed by atoms with van der Waals surface area (Å²) in [6.07, 6.45) is 1.83. The maximum absolute atomic E-state index is 12.2. The van der Waals surface area contributed by atoms with Crippen molar-refractivity contribution in [1.82, 2.24) is 9.62 Å². The van der Waals surface area contributed by atoms with Crippen LogP contribution in [0.3, 0.4) is 0 Å². The minimum atomic E-state index is -3.44. The number of nitrogens with one attached hydrogen (secondary N) is 1. The van der Waals surface area contributed by atoms with E-state index in [4.69, 9.17) is 9.47 Å². The van der Waals surface area contributed by atoms with E-state index in [0.29, 0.717) is 12.3 Å². The predicted octanol–water partition coefficient (Wildman–Crippen LogP) is 1.09. The van der Waals surface area contributed by atoms with Gasteiger partial charge in [-0.3, -0.25) is 0 Å². The Morgan fingerprint density at radius 1 is 1.23 bits per heavy atom. The Bertz CT molecular complexity index is 537. The van der Waals surface area contributed by atoms with Gasteiger partial charge in [0.2, 0.25) is 10.0 Å². The summed E-state index contributed by atoms with van der Waals surface area (Å²) in [4.78, 5) is 2.57. The third-order valence-corrected chi connectivity index (χ3v) is 5.10. The van der Waals surface area contributed by atoms with Crippen LogP contribution in [0.1, 0.15) is 12.8 Å². The lowest BCUT2D eigenvalue weighted by Crippen LogP contribution is -2.31. The van der Waals surface area contributed by atoms with Crippen molar-refractivity contribution in [2.24, 2.45) is 0 Å². The molecule has 0 radical (unpaired) electrons. The minimum absolute atomic E-state index is 0.261. The fraction of sp³-hybridized carbons (Fsp3) is 0.600. The van der Waals surface area contributed by atoms with Crippen molar-refractivity contribution in [2.45, 2.75) is 17.7 Å². The molecule has 1 aliphatic heterocycles. The molecule has 2 rings (SSSR count). The Kier molecular flexibility index (Phi) is 6.63. The second-order valence-corrected chi connectivity index (χ2v) is 7.00. The number of rotatable bonds is 7. The number of benzene rings is 1. The summed E-state index contributed by atoms with van der Waals surface area (Å²) in [6.45, 7) is 4.84. The van der Waals surface area contributed by atoms with Gasteiger partial charge in [0.1, 0.15) is 5.75 Å².